The van der Waals surface area contributed by atoms with Crippen LogP contribution in [0.3, 0.4) is 0 Å². The molecular weight excluding hydrogens is 481 g/mol. The van der Waals surface area contributed by atoms with Crippen molar-refractivity contribution in [2.75, 3.05) is 13.6 Å². The molecule has 0 aliphatic carbocycles. The third kappa shape index (κ3) is 6.72. The molecule has 3 aromatic rings. The van der Waals surface area contributed by atoms with E-state index in [9.17, 15) is 27.6 Å². The van der Waals surface area contributed by atoms with Crippen molar-refractivity contribution in [3.05, 3.63) is 65.6 Å². The first-order valence-electron chi connectivity index (χ1n) is 10.8. The van der Waals surface area contributed by atoms with E-state index < -0.39 is 41.5 Å². The second kappa shape index (κ2) is 11.5. The summed E-state index contributed by atoms with van der Waals surface area (Å²) in [7, 11) is 1.70. The van der Waals surface area contributed by atoms with E-state index in [0.717, 1.165) is 18.5 Å². The van der Waals surface area contributed by atoms with Crippen LogP contribution in [0.4, 0.5) is 13.2 Å². The minimum Gasteiger partial charge on any atom is -0.449 e. The average Bonchev–Trinajstić information content (AvgIpc) is 3.37. The van der Waals surface area contributed by atoms with Crippen molar-refractivity contribution in [1.29, 1.82) is 0 Å². The molecule has 190 valence electrons. The lowest BCUT2D eigenvalue weighted by molar-refractivity contribution is -0.145. The van der Waals surface area contributed by atoms with Crippen molar-refractivity contribution in [1.82, 2.24) is 30.9 Å². The monoisotopic (exact) mass is 504 g/mol. The minimum atomic E-state index is -4.77. The molecule has 0 aromatic carbocycles. The molecule has 0 saturated heterocycles. The largest absolute Gasteiger partial charge is 0.451 e. The zero-order valence-electron chi connectivity index (χ0n) is 19.3. The number of aromatic nitrogens is 3. The van der Waals surface area contributed by atoms with Crippen LogP contribution in [0, 0.1) is 5.92 Å². The Bertz CT molecular complexity index is 1230. The van der Waals surface area contributed by atoms with Crippen molar-refractivity contribution in [2.45, 2.75) is 25.7 Å². The number of nitrogens with zero attached hydrogens (tertiary/aromatic N) is 3. The molecule has 1 unspecified atom stereocenters. The summed E-state index contributed by atoms with van der Waals surface area (Å²) in [6.07, 6.45) is -1.69. The SMILES string of the molecule is CNC[C@@H](NC(=O)c1ccc(-c2cc(CNC(=O)c3ccnc(C(F)(F)F)n3)ccn2)o1)C(C)C=O. The Morgan fingerprint density at radius 1 is 1.11 bits per heavy atom. The quantitative estimate of drug-likeness (QED) is 0.357. The van der Waals surface area contributed by atoms with Crippen LogP contribution >= 0.6 is 0 Å². The molecule has 0 spiro atoms. The van der Waals surface area contributed by atoms with Crippen molar-refractivity contribution < 1.29 is 32.0 Å². The predicted molar refractivity (Wildman–Crippen MR) is 121 cm³/mol. The van der Waals surface area contributed by atoms with Gasteiger partial charge in [0, 0.05) is 31.4 Å². The van der Waals surface area contributed by atoms with Crippen molar-refractivity contribution in [2.24, 2.45) is 5.92 Å². The van der Waals surface area contributed by atoms with Crippen LogP contribution < -0.4 is 16.0 Å². The third-order valence-electron chi connectivity index (χ3n) is 5.09. The van der Waals surface area contributed by atoms with Crippen molar-refractivity contribution in [3.8, 4) is 11.5 Å². The van der Waals surface area contributed by atoms with Gasteiger partial charge in [0.2, 0.25) is 5.82 Å². The summed E-state index contributed by atoms with van der Waals surface area (Å²) in [6.45, 7) is 2.06. The fraction of sp³-hybridized carbons (Fsp3) is 0.304. The number of alkyl halides is 3. The van der Waals surface area contributed by atoms with Crippen LogP contribution in [-0.2, 0) is 17.5 Å². The Morgan fingerprint density at radius 3 is 2.56 bits per heavy atom. The number of furan rings is 1. The van der Waals surface area contributed by atoms with E-state index in [2.05, 4.69) is 30.9 Å². The maximum Gasteiger partial charge on any atom is 0.451 e. The van der Waals surface area contributed by atoms with Crippen LogP contribution in [-0.4, -0.2) is 52.7 Å². The number of hydrogen-bond acceptors (Lipinski definition) is 8. The molecule has 10 nitrogen and oxygen atoms in total. The molecule has 2 amide bonds. The average molecular weight is 504 g/mol. The highest BCUT2D eigenvalue weighted by Gasteiger charge is 2.35. The molecule has 3 rings (SSSR count). The maximum atomic E-state index is 12.8. The number of aldehydes is 1. The van der Waals surface area contributed by atoms with Crippen LogP contribution in [0.2, 0.25) is 0 Å². The number of carbonyl (C=O) groups excluding carboxylic acids is 3. The lowest BCUT2D eigenvalue weighted by atomic mass is 10.0. The smallest absolute Gasteiger partial charge is 0.449 e. The van der Waals surface area contributed by atoms with Gasteiger partial charge >= 0.3 is 6.18 Å². The number of pyridine rings is 1. The van der Waals surface area contributed by atoms with Gasteiger partial charge in [0.25, 0.3) is 11.8 Å². The molecule has 36 heavy (non-hydrogen) atoms. The summed E-state index contributed by atoms with van der Waals surface area (Å²) in [6, 6.07) is 6.87. The van der Waals surface area contributed by atoms with E-state index in [-0.39, 0.29) is 18.1 Å². The third-order valence-corrected chi connectivity index (χ3v) is 5.09. The van der Waals surface area contributed by atoms with Gasteiger partial charge in [-0.25, -0.2) is 9.97 Å². The fourth-order valence-corrected chi connectivity index (χ4v) is 3.13. The number of nitrogens with one attached hydrogen (secondary N) is 3. The number of rotatable bonds is 10. The van der Waals surface area contributed by atoms with Crippen LogP contribution in [0.25, 0.3) is 11.5 Å². The maximum absolute atomic E-state index is 12.8. The predicted octanol–water partition coefficient (Wildman–Crippen LogP) is 2.23. The van der Waals surface area contributed by atoms with Crippen molar-refractivity contribution >= 4 is 18.1 Å². The highest BCUT2D eigenvalue weighted by atomic mass is 19.4. The highest BCUT2D eigenvalue weighted by molar-refractivity contribution is 5.93. The zero-order chi connectivity index (χ0) is 26.3. The van der Waals surface area contributed by atoms with Crippen molar-refractivity contribution in [3.63, 3.8) is 0 Å². The molecule has 3 heterocycles. The molecule has 0 bridgehead atoms. The first kappa shape index (κ1) is 26.5. The number of amides is 2. The molecule has 3 aromatic heterocycles. The van der Waals surface area contributed by atoms with Gasteiger partial charge in [-0.05, 0) is 42.9 Å². The van der Waals surface area contributed by atoms with Gasteiger partial charge in [-0.2, -0.15) is 13.2 Å². The summed E-state index contributed by atoms with van der Waals surface area (Å²) < 4.78 is 43.9. The number of halogens is 3. The van der Waals surface area contributed by atoms with Crippen LogP contribution in [0.15, 0.2) is 47.1 Å². The number of likely N-dealkylation sites (N-methyl/N-ethyl adjacent to an activating group) is 1. The summed E-state index contributed by atoms with van der Waals surface area (Å²) in [5.74, 6) is -2.81. The second-order valence-electron chi connectivity index (χ2n) is 7.79. The summed E-state index contributed by atoms with van der Waals surface area (Å²) in [5.41, 5.74) is 0.527. The fourth-order valence-electron chi connectivity index (χ4n) is 3.13. The minimum absolute atomic E-state index is 0.0222. The molecule has 13 heteroatoms. The lowest BCUT2D eigenvalue weighted by Gasteiger charge is -2.20. The van der Waals surface area contributed by atoms with Gasteiger partial charge in [-0.1, -0.05) is 6.92 Å². The summed E-state index contributed by atoms with van der Waals surface area (Å²) in [4.78, 5) is 46.5. The first-order valence-corrected chi connectivity index (χ1v) is 10.8. The topological polar surface area (TPSA) is 139 Å². The van der Waals surface area contributed by atoms with Gasteiger partial charge in [0.05, 0.1) is 6.04 Å². The highest BCUT2D eigenvalue weighted by Crippen LogP contribution is 2.25. The standard InChI is InChI=1S/C23H23F3N6O4/c1-13(12-33)17(11-27-2)31-21(35)19-4-3-18(36-19)16-9-14(5-7-28-16)10-30-20(34)15-6-8-29-22(32-15)23(24,25)26/h3-9,12-13,17,27H,10-11H2,1-2H3,(H,30,34)(H,31,35)/t13?,17-/m1/s1. The first-order chi connectivity index (χ1) is 17.1. The molecular formula is C23H23F3N6O4. The molecule has 3 N–H and O–H groups in total. The van der Waals surface area contributed by atoms with E-state index in [1.165, 1.54) is 12.3 Å². The van der Waals surface area contributed by atoms with Crippen LogP contribution in [0.5, 0.6) is 0 Å². The number of carbonyl (C=O) groups is 3. The summed E-state index contributed by atoms with van der Waals surface area (Å²) in [5, 5.41) is 8.16. The zero-order valence-corrected chi connectivity index (χ0v) is 19.3. The molecule has 0 aliphatic rings. The molecule has 0 aliphatic heterocycles. The van der Waals surface area contributed by atoms with Gasteiger partial charge in [0.1, 0.15) is 17.7 Å². The van der Waals surface area contributed by atoms with Crippen LogP contribution in [0.1, 0.15) is 39.4 Å². The Kier molecular flexibility index (Phi) is 8.48. The number of hydrogen-bond donors (Lipinski definition) is 3. The molecule has 0 radical (unpaired) electrons. The Morgan fingerprint density at radius 2 is 1.86 bits per heavy atom. The van der Waals surface area contributed by atoms with E-state index in [4.69, 9.17) is 4.42 Å². The molecule has 0 fully saturated rings. The Hall–Kier alpha value is -4.13. The summed E-state index contributed by atoms with van der Waals surface area (Å²) >= 11 is 0. The molecule has 2 atom stereocenters. The Balaban J connectivity index is 1.67. The Labute approximate surface area is 203 Å². The van der Waals surface area contributed by atoms with E-state index in [0.29, 0.717) is 17.8 Å². The van der Waals surface area contributed by atoms with E-state index in [1.807, 2.05) is 0 Å². The second-order valence-corrected chi connectivity index (χ2v) is 7.79. The van der Waals surface area contributed by atoms with E-state index >= 15 is 0 Å². The normalized spacial score (nSPS) is 13.0. The lowest BCUT2D eigenvalue weighted by Crippen LogP contribution is -2.45. The van der Waals surface area contributed by atoms with E-state index in [1.54, 1.807) is 32.2 Å². The van der Waals surface area contributed by atoms with Gasteiger partial charge in [-0.15, -0.1) is 0 Å². The molecule has 0 saturated carbocycles. The van der Waals surface area contributed by atoms with Gasteiger partial charge in [0.15, 0.2) is 11.5 Å². The van der Waals surface area contributed by atoms with Gasteiger partial charge < -0.3 is 25.2 Å². The van der Waals surface area contributed by atoms with Gasteiger partial charge in [-0.3, -0.25) is 14.6 Å².